The van der Waals surface area contributed by atoms with Gasteiger partial charge in [0, 0.05) is 43.1 Å². The van der Waals surface area contributed by atoms with Gasteiger partial charge in [-0.3, -0.25) is 9.98 Å². The molecule has 0 unspecified atom stereocenters. The molecule has 49 heavy (non-hydrogen) atoms. The number of quaternary nitrogens is 2. The van der Waals surface area contributed by atoms with E-state index in [0.29, 0.717) is 0 Å². The van der Waals surface area contributed by atoms with Crippen LogP contribution >= 0.6 is 0 Å². The van der Waals surface area contributed by atoms with Gasteiger partial charge in [0.2, 0.25) is 0 Å². The smallest absolute Gasteiger partial charge is 1.00 e. The van der Waals surface area contributed by atoms with Crippen molar-refractivity contribution in [1.29, 1.82) is 0 Å². The average molecular weight is 731 g/mol. The van der Waals surface area contributed by atoms with Gasteiger partial charge in [-0.2, -0.15) is 0 Å². The molecule has 4 rings (SSSR count). The molecule has 4 aromatic carbocycles. The van der Waals surface area contributed by atoms with E-state index in [-0.39, 0.29) is 75.2 Å². The largest absolute Gasteiger partial charge is 1.00 e. The first kappa shape index (κ1) is 51.4. The van der Waals surface area contributed by atoms with Crippen LogP contribution in [0.5, 0.6) is 0 Å². The van der Waals surface area contributed by atoms with Crippen LogP contribution in [0.2, 0.25) is 0 Å². The fourth-order valence-electron chi connectivity index (χ4n) is 6.45. The van der Waals surface area contributed by atoms with Crippen LogP contribution < -0.4 is 77.4 Å². The molecule has 0 aliphatic heterocycles. The van der Waals surface area contributed by atoms with Crippen LogP contribution in [-0.4, -0.2) is 33.9 Å². The molecule has 259 valence electrons. The molecular weight excluding hydrogens is 677 g/mol. The Bertz CT molecular complexity index is 1490. The quantitative estimate of drug-likeness (QED) is 0.0804. The summed E-state index contributed by atoms with van der Waals surface area (Å²) in [6.45, 7) is 28.0. The van der Waals surface area contributed by atoms with E-state index < -0.39 is 0 Å². The Labute approximate surface area is 340 Å². The number of aryl methyl sites for hydroxylation is 12. The van der Waals surface area contributed by atoms with Crippen molar-refractivity contribution in [3.63, 3.8) is 0 Å². The number of benzene rings is 4. The molecule has 4 nitrogen and oxygen atoms in total. The van der Waals surface area contributed by atoms with Crippen LogP contribution in [0.4, 0.5) is 22.7 Å². The number of nitrogens with two attached hydrogens (primary N) is 2. The van der Waals surface area contributed by atoms with Crippen molar-refractivity contribution >= 4 is 43.6 Å². The second kappa shape index (κ2) is 24.3. The number of hydrogen-bond acceptors (Lipinski definition) is 2. The van der Waals surface area contributed by atoms with Crippen molar-refractivity contribution in [2.24, 2.45) is 9.98 Å². The second-order valence-electron chi connectivity index (χ2n) is 12.7. The second-order valence-corrected chi connectivity index (χ2v) is 12.7. The van der Waals surface area contributed by atoms with Gasteiger partial charge in [-0.1, -0.05) is 70.8 Å². The van der Waals surface area contributed by atoms with E-state index in [4.69, 9.17) is 0 Å². The third-order valence-corrected chi connectivity index (χ3v) is 8.08. The van der Waals surface area contributed by atoms with Crippen molar-refractivity contribution in [3.8, 4) is 0 Å². The first-order valence-electron chi connectivity index (χ1n) is 15.8. The van der Waals surface area contributed by atoms with Crippen LogP contribution in [0.25, 0.3) is 0 Å². The van der Waals surface area contributed by atoms with Gasteiger partial charge in [-0.05, 0) is 105 Å². The molecule has 0 spiro atoms. The molecule has 3 radical (unpaired) electrons. The third-order valence-electron chi connectivity index (χ3n) is 8.08. The zero-order valence-electron chi connectivity index (χ0n) is 31.9. The normalized spacial score (nSPS) is 10.2. The van der Waals surface area contributed by atoms with Gasteiger partial charge in [0.25, 0.3) is 0 Å². The Morgan fingerprint density at radius 2 is 0.612 bits per heavy atom. The molecule has 0 aliphatic carbocycles. The van der Waals surface area contributed by atoms with Crippen LogP contribution in [0.1, 0.15) is 66.8 Å². The third kappa shape index (κ3) is 15.5. The number of rotatable bonds is 8. The number of hydrogen-bond donors (Lipinski definition) is 2. The predicted octanol–water partition coefficient (Wildman–Crippen LogP) is -4.10. The minimum Gasteiger partial charge on any atom is -1.00 e. The molecule has 0 saturated heterocycles. The predicted molar refractivity (Wildman–Crippen MR) is 198 cm³/mol. The van der Waals surface area contributed by atoms with Gasteiger partial charge in [0.15, 0.2) is 0 Å². The van der Waals surface area contributed by atoms with Crippen LogP contribution in [0.3, 0.4) is 0 Å². The van der Waals surface area contributed by atoms with Crippen molar-refractivity contribution in [2.45, 2.75) is 83.1 Å². The van der Waals surface area contributed by atoms with Gasteiger partial charge in [-0.25, -0.2) is 0 Å². The van der Waals surface area contributed by atoms with Gasteiger partial charge in [0.1, 0.15) is 24.5 Å². The fraction of sp³-hybridized carbons (Fsp3) is 0.350. The summed E-state index contributed by atoms with van der Waals surface area (Å²) in [6.07, 6.45) is 3.56. The summed E-state index contributed by atoms with van der Waals surface area (Å²) in [4.78, 5) is 9.13. The summed E-state index contributed by atoms with van der Waals surface area (Å²) >= 11 is 0. The SMILES string of the molecule is Cc1cc(C)c(N=CC=Nc2c(C)cc(C)cc2C)c(C)c1.Cc1cc(C)c([NH2+]CC[NH2+]c2c(C)cc(C)cc2C)c(C)c1.[B].[Cl-].[Cl-].[Cl-].[Na+]. The van der Waals surface area contributed by atoms with E-state index >= 15 is 0 Å². The Balaban J connectivity index is -0.000000784. The Morgan fingerprint density at radius 1 is 0.408 bits per heavy atom. The summed E-state index contributed by atoms with van der Waals surface area (Å²) in [7, 11) is 0. The standard InChI is InChI=1S/C20H28N2.C20H24N2.B.3ClH.Na/c2*1-13-9-15(3)19(16(4)10-13)21-7-8-22-20-17(5)11-14(2)12-18(20)6;;;;;/h9-12,21-22H,7-8H2,1-6H3;7-12H,1-6H3;;3*1H;/q;;;;;;+1/p-1. The van der Waals surface area contributed by atoms with E-state index in [1.165, 1.54) is 78.1 Å². The first-order chi connectivity index (χ1) is 20.8. The summed E-state index contributed by atoms with van der Waals surface area (Å²) < 4.78 is 0. The fourth-order valence-corrected chi connectivity index (χ4v) is 6.45. The van der Waals surface area contributed by atoms with Gasteiger partial charge in [0.05, 0.1) is 11.4 Å². The summed E-state index contributed by atoms with van der Waals surface area (Å²) in [5, 5.41) is 4.78. The minimum atomic E-state index is 0. The van der Waals surface area contributed by atoms with Crippen molar-refractivity contribution in [3.05, 3.63) is 115 Å². The molecule has 0 aromatic heterocycles. The molecular formula is C40H54BCl3N4Na. The molecule has 0 saturated carbocycles. The van der Waals surface area contributed by atoms with Crippen LogP contribution in [0, 0.1) is 83.1 Å². The van der Waals surface area contributed by atoms with E-state index in [1.54, 1.807) is 12.4 Å². The molecule has 4 aromatic rings. The van der Waals surface area contributed by atoms with Crippen LogP contribution in [0.15, 0.2) is 58.5 Å². The molecule has 0 fully saturated rings. The van der Waals surface area contributed by atoms with Crippen molar-refractivity contribution < 1.29 is 77.4 Å². The molecule has 0 aliphatic rings. The Kier molecular flexibility index (Phi) is 25.5. The summed E-state index contributed by atoms with van der Waals surface area (Å²) in [5.74, 6) is 0. The monoisotopic (exact) mass is 729 g/mol. The zero-order valence-corrected chi connectivity index (χ0v) is 36.2. The molecule has 0 atom stereocenters. The zero-order chi connectivity index (χ0) is 32.6. The number of nitrogens with zero attached hydrogens (tertiary/aromatic N) is 2. The maximum atomic E-state index is 4.56. The molecule has 0 bridgehead atoms. The average Bonchev–Trinajstić information content (AvgIpc) is 2.89. The van der Waals surface area contributed by atoms with E-state index in [9.17, 15) is 0 Å². The van der Waals surface area contributed by atoms with Gasteiger partial charge < -0.3 is 47.9 Å². The number of aliphatic imine (C=N–C) groups is 2. The topological polar surface area (TPSA) is 57.9 Å². The first-order valence-corrected chi connectivity index (χ1v) is 15.8. The van der Waals surface area contributed by atoms with E-state index in [2.05, 4.69) is 152 Å². The maximum Gasteiger partial charge on any atom is 1.00 e. The summed E-state index contributed by atoms with van der Waals surface area (Å²) in [6, 6.07) is 17.7. The maximum absolute atomic E-state index is 4.56. The minimum absolute atomic E-state index is 0. The Morgan fingerprint density at radius 3 is 0.837 bits per heavy atom. The summed E-state index contributed by atoms with van der Waals surface area (Å²) in [5.41, 5.74) is 20.5. The van der Waals surface area contributed by atoms with Crippen LogP contribution in [-0.2, 0) is 0 Å². The van der Waals surface area contributed by atoms with Gasteiger partial charge in [-0.15, -0.1) is 0 Å². The van der Waals surface area contributed by atoms with E-state index in [0.717, 1.165) is 24.5 Å². The molecule has 0 heterocycles. The Hall–Kier alpha value is -1.93. The van der Waals surface area contributed by atoms with Crippen molar-refractivity contribution in [1.82, 2.24) is 0 Å². The number of halogens is 3. The van der Waals surface area contributed by atoms with Crippen molar-refractivity contribution in [2.75, 3.05) is 13.1 Å². The van der Waals surface area contributed by atoms with Gasteiger partial charge >= 0.3 is 29.6 Å². The molecule has 9 heteroatoms. The molecule has 0 amide bonds. The molecule has 4 N–H and O–H groups in total. The van der Waals surface area contributed by atoms with E-state index in [1.807, 2.05) is 0 Å².